The maximum absolute atomic E-state index is 12.3. The van der Waals surface area contributed by atoms with E-state index in [1.807, 2.05) is 0 Å². The van der Waals surface area contributed by atoms with Crippen LogP contribution in [0, 0.1) is 0 Å². The molecule has 1 saturated heterocycles. The number of amides is 1. The molecule has 1 unspecified atom stereocenters. The number of ether oxygens (including phenoxy) is 1. The summed E-state index contributed by atoms with van der Waals surface area (Å²) < 4.78 is 5.90. The lowest BCUT2D eigenvalue weighted by Gasteiger charge is -2.42. The highest BCUT2D eigenvalue weighted by molar-refractivity contribution is 5.78. The van der Waals surface area contributed by atoms with Gasteiger partial charge in [0.15, 0.2) is 0 Å². The maximum Gasteiger partial charge on any atom is 0.234 e. The van der Waals surface area contributed by atoms with E-state index in [-0.39, 0.29) is 17.6 Å². The average Bonchev–Trinajstić information content (AvgIpc) is 2.65. The molecule has 1 saturated carbocycles. The molecule has 1 amide bonds. The van der Waals surface area contributed by atoms with Crippen LogP contribution in [-0.4, -0.2) is 54.7 Å². The zero-order valence-electron chi connectivity index (χ0n) is 13.6. The topological polar surface area (TPSA) is 67.6 Å². The van der Waals surface area contributed by atoms with Crippen molar-refractivity contribution in [2.45, 2.75) is 70.1 Å². The Balaban J connectivity index is 1.80. The number of rotatable bonds is 4. The maximum atomic E-state index is 12.3. The second kappa shape index (κ2) is 7.56. The van der Waals surface area contributed by atoms with E-state index in [2.05, 4.69) is 24.1 Å². The molecule has 1 heterocycles. The number of carbonyl (C=O) groups excluding carboxylic acids is 1. The van der Waals surface area contributed by atoms with Gasteiger partial charge in [0, 0.05) is 25.7 Å². The molecule has 2 rings (SSSR count). The summed E-state index contributed by atoms with van der Waals surface area (Å²) in [6.07, 6.45) is 7.39. The van der Waals surface area contributed by atoms with Gasteiger partial charge in [-0.3, -0.25) is 9.69 Å². The van der Waals surface area contributed by atoms with Gasteiger partial charge >= 0.3 is 0 Å². The van der Waals surface area contributed by atoms with Crippen LogP contribution < -0.4 is 11.1 Å². The van der Waals surface area contributed by atoms with Gasteiger partial charge in [0.25, 0.3) is 0 Å². The Morgan fingerprint density at radius 2 is 1.95 bits per heavy atom. The van der Waals surface area contributed by atoms with Crippen molar-refractivity contribution in [3.05, 3.63) is 0 Å². The fourth-order valence-corrected chi connectivity index (χ4v) is 3.56. The lowest BCUT2D eigenvalue weighted by molar-refractivity contribution is -0.141. The van der Waals surface area contributed by atoms with Crippen molar-refractivity contribution in [2.24, 2.45) is 5.73 Å². The molecule has 0 aromatic heterocycles. The predicted molar refractivity (Wildman–Crippen MR) is 84.1 cm³/mol. The smallest absolute Gasteiger partial charge is 0.234 e. The summed E-state index contributed by atoms with van der Waals surface area (Å²) in [5.41, 5.74) is 5.50. The second-order valence-electron chi connectivity index (χ2n) is 7.16. The van der Waals surface area contributed by atoms with E-state index in [1.165, 1.54) is 25.7 Å². The molecule has 3 N–H and O–H groups in total. The molecule has 1 aliphatic carbocycles. The van der Waals surface area contributed by atoms with Crippen molar-refractivity contribution >= 4 is 5.91 Å². The normalized spacial score (nSPS) is 28.0. The molecular weight excluding hydrogens is 266 g/mol. The molecule has 5 heteroatoms. The number of carbonyl (C=O) groups is 1. The molecule has 0 spiro atoms. The van der Waals surface area contributed by atoms with Gasteiger partial charge in [-0.05, 0) is 26.7 Å². The summed E-state index contributed by atoms with van der Waals surface area (Å²) in [7, 11) is 0. The van der Waals surface area contributed by atoms with Crippen molar-refractivity contribution in [3.8, 4) is 0 Å². The van der Waals surface area contributed by atoms with Crippen molar-refractivity contribution in [3.63, 3.8) is 0 Å². The van der Waals surface area contributed by atoms with E-state index < -0.39 is 0 Å². The molecule has 0 aromatic carbocycles. The standard InChI is InChI=1S/C16H31N3O2/c1-16(2)12-19(10-14(9-17)21-16)11-15(20)18-13-7-5-3-4-6-8-13/h13-14H,3-12,17H2,1-2H3,(H,18,20). The van der Waals surface area contributed by atoms with Crippen LogP contribution in [0.25, 0.3) is 0 Å². The monoisotopic (exact) mass is 297 g/mol. The molecule has 2 aliphatic rings. The van der Waals surface area contributed by atoms with Gasteiger partial charge < -0.3 is 15.8 Å². The molecule has 0 aromatic rings. The van der Waals surface area contributed by atoms with Crippen LogP contribution in [0.15, 0.2) is 0 Å². The summed E-state index contributed by atoms with van der Waals surface area (Å²) in [4.78, 5) is 14.4. The van der Waals surface area contributed by atoms with Crippen molar-refractivity contribution in [2.75, 3.05) is 26.2 Å². The highest BCUT2D eigenvalue weighted by atomic mass is 16.5. The molecule has 21 heavy (non-hydrogen) atoms. The van der Waals surface area contributed by atoms with Crippen molar-refractivity contribution in [1.82, 2.24) is 10.2 Å². The van der Waals surface area contributed by atoms with Crippen LogP contribution in [0.3, 0.4) is 0 Å². The summed E-state index contributed by atoms with van der Waals surface area (Å²) in [6.45, 7) is 6.61. The fraction of sp³-hybridized carbons (Fsp3) is 0.938. The van der Waals surface area contributed by atoms with Crippen LogP contribution >= 0.6 is 0 Å². The first-order valence-electron chi connectivity index (χ1n) is 8.38. The van der Waals surface area contributed by atoms with Crippen LogP contribution in [-0.2, 0) is 9.53 Å². The van der Waals surface area contributed by atoms with Gasteiger partial charge in [-0.15, -0.1) is 0 Å². The minimum absolute atomic E-state index is 0.0273. The Hall–Kier alpha value is -0.650. The lowest BCUT2D eigenvalue weighted by atomic mass is 10.0. The van der Waals surface area contributed by atoms with Gasteiger partial charge in [0.05, 0.1) is 18.2 Å². The molecule has 0 radical (unpaired) electrons. The number of nitrogens with zero attached hydrogens (tertiary/aromatic N) is 1. The minimum Gasteiger partial charge on any atom is -0.368 e. The number of morpholine rings is 1. The lowest BCUT2D eigenvalue weighted by Crippen LogP contribution is -2.56. The SMILES string of the molecule is CC1(C)CN(CC(=O)NC2CCCCCC2)CC(CN)O1. The first-order valence-corrected chi connectivity index (χ1v) is 8.38. The molecule has 5 nitrogen and oxygen atoms in total. The largest absolute Gasteiger partial charge is 0.368 e. The van der Waals surface area contributed by atoms with Crippen LogP contribution in [0.5, 0.6) is 0 Å². The zero-order valence-corrected chi connectivity index (χ0v) is 13.6. The summed E-state index contributed by atoms with van der Waals surface area (Å²) >= 11 is 0. The highest BCUT2D eigenvalue weighted by Gasteiger charge is 2.33. The molecule has 0 bridgehead atoms. The summed E-state index contributed by atoms with van der Waals surface area (Å²) in [5, 5.41) is 3.21. The molecule has 2 fully saturated rings. The van der Waals surface area contributed by atoms with E-state index in [9.17, 15) is 4.79 Å². The van der Waals surface area contributed by atoms with Crippen LogP contribution in [0.1, 0.15) is 52.4 Å². The Labute approximate surface area is 128 Å². The van der Waals surface area contributed by atoms with Crippen molar-refractivity contribution < 1.29 is 9.53 Å². The highest BCUT2D eigenvalue weighted by Crippen LogP contribution is 2.21. The fourth-order valence-electron chi connectivity index (χ4n) is 3.56. The first kappa shape index (κ1) is 16.7. The van der Waals surface area contributed by atoms with E-state index in [4.69, 9.17) is 10.5 Å². The molecule has 1 atom stereocenters. The quantitative estimate of drug-likeness (QED) is 0.767. The Morgan fingerprint density at radius 1 is 1.29 bits per heavy atom. The predicted octanol–water partition coefficient (Wildman–Crippen LogP) is 1.26. The Morgan fingerprint density at radius 3 is 2.57 bits per heavy atom. The van der Waals surface area contributed by atoms with Gasteiger partial charge in [-0.25, -0.2) is 0 Å². The van der Waals surface area contributed by atoms with Crippen LogP contribution in [0.4, 0.5) is 0 Å². The van der Waals surface area contributed by atoms with Gasteiger partial charge in [-0.2, -0.15) is 0 Å². The molecule has 1 aliphatic heterocycles. The number of nitrogens with two attached hydrogens (primary N) is 1. The Bertz CT molecular complexity index is 338. The third-order valence-corrected chi connectivity index (χ3v) is 4.40. The molecular formula is C16H31N3O2. The van der Waals surface area contributed by atoms with E-state index in [0.717, 1.165) is 25.9 Å². The van der Waals surface area contributed by atoms with E-state index >= 15 is 0 Å². The third kappa shape index (κ3) is 5.57. The second-order valence-corrected chi connectivity index (χ2v) is 7.16. The Kier molecular flexibility index (Phi) is 6.02. The van der Waals surface area contributed by atoms with Crippen LogP contribution in [0.2, 0.25) is 0 Å². The average molecular weight is 297 g/mol. The van der Waals surface area contributed by atoms with Gasteiger partial charge in [0.2, 0.25) is 5.91 Å². The zero-order chi connectivity index (χ0) is 15.3. The first-order chi connectivity index (χ1) is 9.98. The molecule has 122 valence electrons. The van der Waals surface area contributed by atoms with Gasteiger partial charge in [0.1, 0.15) is 0 Å². The number of nitrogens with one attached hydrogen (secondary N) is 1. The summed E-state index contributed by atoms with van der Waals surface area (Å²) in [5.74, 6) is 0.148. The van der Waals surface area contributed by atoms with Gasteiger partial charge in [-0.1, -0.05) is 25.7 Å². The minimum atomic E-state index is -0.231. The number of hydrogen-bond donors (Lipinski definition) is 2. The number of hydrogen-bond acceptors (Lipinski definition) is 4. The third-order valence-electron chi connectivity index (χ3n) is 4.40. The summed E-state index contributed by atoms with van der Waals surface area (Å²) in [6, 6.07) is 0.374. The van der Waals surface area contributed by atoms with Crippen molar-refractivity contribution in [1.29, 1.82) is 0 Å². The van der Waals surface area contributed by atoms with E-state index in [1.54, 1.807) is 0 Å². The van der Waals surface area contributed by atoms with E-state index in [0.29, 0.717) is 19.1 Å².